The lowest BCUT2D eigenvalue weighted by Crippen LogP contribution is -2.32. The number of carbonyl (C=O) groups is 3. The minimum atomic E-state index is -0.772. The molecule has 0 bridgehead atoms. The standard InChI is InChI=1S/C24H26ClNO3/c1-13(2)26-21(28)12-18-11-20(27)23(24(18)29)22-14(3)9-17(10-15(22)4)16-5-7-19(25)8-6-16/h5-10,13,18,23H,11-12H2,1-4H3,(H,26,28). The number of amides is 1. The third-order valence-electron chi connectivity index (χ3n) is 5.40. The Bertz CT molecular complexity index is 940. The first-order valence-corrected chi connectivity index (χ1v) is 10.3. The van der Waals surface area contributed by atoms with E-state index >= 15 is 0 Å². The second-order valence-corrected chi connectivity index (χ2v) is 8.60. The molecule has 3 rings (SSSR count). The van der Waals surface area contributed by atoms with Crippen LogP contribution in [0.4, 0.5) is 0 Å². The summed E-state index contributed by atoms with van der Waals surface area (Å²) in [5.41, 5.74) is 4.65. The largest absolute Gasteiger partial charge is 0.354 e. The summed E-state index contributed by atoms with van der Waals surface area (Å²) in [7, 11) is 0. The van der Waals surface area contributed by atoms with Crippen LogP contribution in [0.25, 0.3) is 11.1 Å². The maximum absolute atomic E-state index is 13.0. The maximum atomic E-state index is 13.0. The fourth-order valence-corrected chi connectivity index (χ4v) is 4.30. The monoisotopic (exact) mass is 411 g/mol. The molecule has 0 spiro atoms. The van der Waals surface area contributed by atoms with Gasteiger partial charge in [-0.25, -0.2) is 0 Å². The van der Waals surface area contributed by atoms with Crippen LogP contribution in [-0.2, 0) is 14.4 Å². The lowest BCUT2D eigenvalue weighted by atomic mass is 9.85. The van der Waals surface area contributed by atoms with Crippen molar-refractivity contribution in [1.82, 2.24) is 5.32 Å². The lowest BCUT2D eigenvalue weighted by molar-refractivity contribution is -0.128. The highest BCUT2D eigenvalue weighted by atomic mass is 35.5. The van der Waals surface area contributed by atoms with E-state index in [4.69, 9.17) is 11.6 Å². The first-order chi connectivity index (χ1) is 13.7. The zero-order valence-electron chi connectivity index (χ0n) is 17.2. The van der Waals surface area contributed by atoms with Gasteiger partial charge in [0.25, 0.3) is 0 Å². The van der Waals surface area contributed by atoms with Crippen LogP contribution in [0.3, 0.4) is 0 Å². The van der Waals surface area contributed by atoms with Gasteiger partial charge in [0.2, 0.25) is 5.91 Å². The number of benzene rings is 2. The fourth-order valence-electron chi connectivity index (χ4n) is 4.18. The van der Waals surface area contributed by atoms with Crippen LogP contribution in [0, 0.1) is 19.8 Å². The van der Waals surface area contributed by atoms with Crippen molar-refractivity contribution in [1.29, 1.82) is 0 Å². The molecule has 1 N–H and O–H groups in total. The molecule has 1 fully saturated rings. The molecule has 0 heterocycles. The Hall–Kier alpha value is -2.46. The number of nitrogens with one attached hydrogen (secondary N) is 1. The molecule has 2 aromatic rings. The number of carbonyl (C=O) groups excluding carboxylic acids is 3. The Labute approximate surface area is 176 Å². The van der Waals surface area contributed by atoms with Gasteiger partial charge in [0.15, 0.2) is 5.78 Å². The van der Waals surface area contributed by atoms with Crippen molar-refractivity contribution in [3.05, 3.63) is 58.1 Å². The van der Waals surface area contributed by atoms with Crippen molar-refractivity contribution in [3.63, 3.8) is 0 Å². The highest BCUT2D eigenvalue weighted by Gasteiger charge is 2.43. The summed E-state index contributed by atoms with van der Waals surface area (Å²) in [5, 5.41) is 3.47. The molecule has 1 saturated carbocycles. The molecule has 2 unspecified atom stereocenters. The number of hydrogen-bond donors (Lipinski definition) is 1. The van der Waals surface area contributed by atoms with E-state index in [0.717, 1.165) is 27.8 Å². The summed E-state index contributed by atoms with van der Waals surface area (Å²) in [6.45, 7) is 7.61. The molecule has 29 heavy (non-hydrogen) atoms. The van der Waals surface area contributed by atoms with Crippen molar-refractivity contribution in [2.24, 2.45) is 5.92 Å². The SMILES string of the molecule is Cc1cc(-c2ccc(Cl)cc2)cc(C)c1C1C(=O)CC(CC(=O)NC(C)C)C1=O. The summed E-state index contributed by atoms with van der Waals surface area (Å²) in [6.07, 6.45) is 0.201. The van der Waals surface area contributed by atoms with E-state index in [0.29, 0.717) is 5.02 Å². The Balaban J connectivity index is 1.88. The van der Waals surface area contributed by atoms with Gasteiger partial charge in [-0.2, -0.15) is 0 Å². The zero-order valence-corrected chi connectivity index (χ0v) is 18.0. The second-order valence-electron chi connectivity index (χ2n) is 8.16. The molecule has 0 aromatic heterocycles. The molecule has 0 radical (unpaired) electrons. The first-order valence-electron chi connectivity index (χ1n) is 9.90. The number of halogens is 1. The Kier molecular flexibility index (Phi) is 6.23. The highest BCUT2D eigenvalue weighted by Crippen LogP contribution is 2.38. The van der Waals surface area contributed by atoms with Crippen molar-refractivity contribution in [3.8, 4) is 11.1 Å². The van der Waals surface area contributed by atoms with Crippen molar-refractivity contribution < 1.29 is 14.4 Å². The smallest absolute Gasteiger partial charge is 0.220 e. The van der Waals surface area contributed by atoms with Crippen LogP contribution in [0.15, 0.2) is 36.4 Å². The molecular weight excluding hydrogens is 386 g/mol. The summed E-state index contributed by atoms with van der Waals surface area (Å²) < 4.78 is 0. The lowest BCUT2D eigenvalue weighted by Gasteiger charge is -2.17. The number of rotatable bonds is 5. The van der Waals surface area contributed by atoms with E-state index in [1.807, 2.05) is 64.1 Å². The first kappa shape index (κ1) is 21.3. The van der Waals surface area contributed by atoms with Gasteiger partial charge in [-0.1, -0.05) is 35.9 Å². The molecule has 1 amide bonds. The molecule has 5 heteroatoms. The predicted octanol–water partition coefficient (Wildman–Crippen LogP) is 4.78. The highest BCUT2D eigenvalue weighted by molar-refractivity contribution is 6.30. The van der Waals surface area contributed by atoms with E-state index in [9.17, 15) is 14.4 Å². The fraction of sp³-hybridized carbons (Fsp3) is 0.375. The molecule has 152 valence electrons. The molecule has 0 aliphatic heterocycles. The van der Waals surface area contributed by atoms with Crippen molar-refractivity contribution >= 4 is 29.1 Å². The Morgan fingerprint density at radius 1 is 1.07 bits per heavy atom. The van der Waals surface area contributed by atoms with Gasteiger partial charge >= 0.3 is 0 Å². The minimum Gasteiger partial charge on any atom is -0.354 e. The number of hydrogen-bond acceptors (Lipinski definition) is 3. The summed E-state index contributed by atoms with van der Waals surface area (Å²) in [5.74, 6) is -1.73. The van der Waals surface area contributed by atoms with Crippen molar-refractivity contribution in [2.75, 3.05) is 0 Å². The second kappa shape index (κ2) is 8.50. The van der Waals surface area contributed by atoms with Crippen LogP contribution in [0.1, 0.15) is 49.3 Å². The number of aryl methyl sites for hydroxylation is 2. The zero-order chi connectivity index (χ0) is 21.3. The number of Topliss-reactive ketones (excluding diaryl/α,β-unsaturated/α-hetero) is 2. The average Bonchev–Trinajstić information content (AvgIpc) is 2.88. The average molecular weight is 412 g/mol. The van der Waals surface area contributed by atoms with E-state index in [1.165, 1.54) is 0 Å². The van der Waals surface area contributed by atoms with Gasteiger partial charge in [0.1, 0.15) is 11.7 Å². The van der Waals surface area contributed by atoms with Gasteiger partial charge in [0, 0.05) is 29.8 Å². The molecular formula is C24H26ClNO3. The van der Waals surface area contributed by atoms with Crippen LogP contribution in [-0.4, -0.2) is 23.5 Å². The van der Waals surface area contributed by atoms with Gasteiger partial charge in [0.05, 0.1) is 0 Å². The molecule has 1 aliphatic rings. The normalized spacial score (nSPS) is 19.1. The molecule has 2 atom stereocenters. The summed E-state index contributed by atoms with van der Waals surface area (Å²) >= 11 is 5.98. The number of ketones is 2. The van der Waals surface area contributed by atoms with E-state index in [-0.39, 0.29) is 36.4 Å². The van der Waals surface area contributed by atoms with Crippen LogP contribution in [0.2, 0.25) is 5.02 Å². The Morgan fingerprint density at radius 2 is 1.66 bits per heavy atom. The molecule has 1 aliphatic carbocycles. The maximum Gasteiger partial charge on any atom is 0.220 e. The predicted molar refractivity (Wildman–Crippen MR) is 115 cm³/mol. The quantitative estimate of drug-likeness (QED) is 0.720. The van der Waals surface area contributed by atoms with Gasteiger partial charge in [-0.3, -0.25) is 14.4 Å². The summed E-state index contributed by atoms with van der Waals surface area (Å²) in [6, 6.07) is 11.6. The molecule has 4 nitrogen and oxygen atoms in total. The van der Waals surface area contributed by atoms with E-state index in [2.05, 4.69) is 5.32 Å². The van der Waals surface area contributed by atoms with Gasteiger partial charge in [-0.05, 0) is 67.6 Å². The van der Waals surface area contributed by atoms with E-state index < -0.39 is 11.8 Å². The van der Waals surface area contributed by atoms with Crippen LogP contribution in [0.5, 0.6) is 0 Å². The Morgan fingerprint density at radius 3 is 2.21 bits per heavy atom. The molecule has 0 saturated heterocycles. The van der Waals surface area contributed by atoms with Crippen LogP contribution < -0.4 is 5.32 Å². The topological polar surface area (TPSA) is 63.2 Å². The minimum absolute atomic E-state index is 0.00963. The summed E-state index contributed by atoms with van der Waals surface area (Å²) in [4.78, 5) is 37.8. The third kappa shape index (κ3) is 4.59. The van der Waals surface area contributed by atoms with Gasteiger partial charge in [-0.15, -0.1) is 0 Å². The van der Waals surface area contributed by atoms with Crippen LogP contribution >= 0.6 is 11.6 Å². The molecule has 2 aromatic carbocycles. The third-order valence-corrected chi connectivity index (χ3v) is 5.65. The van der Waals surface area contributed by atoms with Crippen molar-refractivity contribution in [2.45, 2.75) is 52.5 Å². The van der Waals surface area contributed by atoms with Gasteiger partial charge < -0.3 is 5.32 Å². The van der Waals surface area contributed by atoms with E-state index in [1.54, 1.807) is 0 Å².